The molecule has 1 heterocycles. The summed E-state index contributed by atoms with van der Waals surface area (Å²) in [5, 5.41) is 18.5. The average Bonchev–Trinajstić information content (AvgIpc) is 2.84. The number of aromatic amines is 1. The van der Waals surface area contributed by atoms with Crippen molar-refractivity contribution in [1.82, 2.24) is 20.5 Å². The first-order chi connectivity index (χ1) is 9.43. The fraction of sp³-hybridized carbons (Fsp3) is 0.692. The van der Waals surface area contributed by atoms with Crippen molar-refractivity contribution in [2.24, 2.45) is 11.3 Å². The molecule has 0 saturated heterocycles. The zero-order valence-corrected chi connectivity index (χ0v) is 11.8. The lowest BCUT2D eigenvalue weighted by molar-refractivity contribution is -0.151. The number of H-pyrrole nitrogens is 1. The highest BCUT2D eigenvalue weighted by molar-refractivity contribution is 5.90. The maximum Gasteiger partial charge on any atom is 0.311 e. The summed E-state index contributed by atoms with van der Waals surface area (Å²) in [7, 11) is 0. The largest absolute Gasteiger partial charge is 0.481 e. The molecular formula is C13H20N4O3. The van der Waals surface area contributed by atoms with Gasteiger partial charge in [0.25, 0.3) is 5.91 Å². The summed E-state index contributed by atoms with van der Waals surface area (Å²) in [6.45, 7) is 3.95. The molecule has 2 rings (SSSR count). The van der Waals surface area contributed by atoms with Gasteiger partial charge in [-0.3, -0.25) is 14.7 Å². The number of nitrogens with zero attached hydrogens (tertiary/aromatic N) is 2. The normalized spacial score (nSPS) is 26.2. The van der Waals surface area contributed by atoms with Crippen molar-refractivity contribution in [3.63, 3.8) is 0 Å². The van der Waals surface area contributed by atoms with Gasteiger partial charge >= 0.3 is 5.97 Å². The Hall–Kier alpha value is -1.92. The number of carbonyl (C=O) groups is 2. The number of rotatable bonds is 4. The molecule has 1 aliphatic carbocycles. The SMILES string of the molecule is Cc1nc(C(=O)NCC2(C(=O)O)CCC(C)CC2)n[nH]1. The number of aliphatic carboxylic acids is 1. The van der Waals surface area contributed by atoms with E-state index in [-0.39, 0.29) is 12.4 Å². The predicted molar refractivity (Wildman–Crippen MR) is 71.2 cm³/mol. The van der Waals surface area contributed by atoms with Crippen LogP contribution in [0.4, 0.5) is 0 Å². The molecule has 1 aromatic rings. The van der Waals surface area contributed by atoms with E-state index in [1.807, 2.05) is 0 Å². The van der Waals surface area contributed by atoms with Crippen LogP contribution in [0.5, 0.6) is 0 Å². The van der Waals surface area contributed by atoms with Crippen LogP contribution in [0.1, 0.15) is 49.1 Å². The molecule has 0 aliphatic heterocycles. The molecule has 7 heteroatoms. The van der Waals surface area contributed by atoms with Crippen LogP contribution in [-0.2, 0) is 4.79 Å². The second-order valence-corrected chi connectivity index (χ2v) is 5.70. The maximum atomic E-state index is 11.9. The first kappa shape index (κ1) is 14.5. The van der Waals surface area contributed by atoms with Gasteiger partial charge in [-0.25, -0.2) is 4.98 Å². The van der Waals surface area contributed by atoms with Crippen LogP contribution in [-0.4, -0.2) is 38.7 Å². The molecule has 0 unspecified atom stereocenters. The molecule has 110 valence electrons. The first-order valence-corrected chi connectivity index (χ1v) is 6.83. The topological polar surface area (TPSA) is 108 Å². The van der Waals surface area contributed by atoms with Crippen molar-refractivity contribution >= 4 is 11.9 Å². The van der Waals surface area contributed by atoms with E-state index in [2.05, 4.69) is 27.4 Å². The lowest BCUT2D eigenvalue weighted by atomic mass is 9.71. The summed E-state index contributed by atoms with van der Waals surface area (Å²) in [6, 6.07) is 0. The maximum absolute atomic E-state index is 11.9. The number of nitrogens with one attached hydrogen (secondary N) is 2. The van der Waals surface area contributed by atoms with Crippen molar-refractivity contribution in [2.75, 3.05) is 6.54 Å². The van der Waals surface area contributed by atoms with Gasteiger partial charge < -0.3 is 10.4 Å². The highest BCUT2D eigenvalue weighted by atomic mass is 16.4. The number of carboxylic acid groups (broad SMARTS) is 1. The molecule has 7 nitrogen and oxygen atoms in total. The summed E-state index contributed by atoms with van der Waals surface area (Å²) < 4.78 is 0. The van der Waals surface area contributed by atoms with E-state index in [4.69, 9.17) is 0 Å². The van der Waals surface area contributed by atoms with Gasteiger partial charge in [0.05, 0.1) is 5.41 Å². The van der Waals surface area contributed by atoms with Crippen molar-refractivity contribution < 1.29 is 14.7 Å². The molecule has 1 fully saturated rings. The first-order valence-electron chi connectivity index (χ1n) is 6.83. The lowest BCUT2D eigenvalue weighted by Gasteiger charge is -2.35. The van der Waals surface area contributed by atoms with Crippen molar-refractivity contribution in [3.05, 3.63) is 11.6 Å². The number of amides is 1. The molecule has 3 N–H and O–H groups in total. The van der Waals surface area contributed by atoms with E-state index in [0.717, 1.165) is 12.8 Å². The molecule has 1 amide bonds. The summed E-state index contributed by atoms with van der Waals surface area (Å²) >= 11 is 0. The number of aryl methyl sites for hydroxylation is 1. The minimum absolute atomic E-state index is 0.0483. The number of carbonyl (C=O) groups excluding carboxylic acids is 1. The Balaban J connectivity index is 1.99. The van der Waals surface area contributed by atoms with Gasteiger partial charge in [-0.05, 0) is 38.5 Å². The standard InChI is InChI=1S/C13H20N4O3/c1-8-3-5-13(6-4-8,12(19)20)7-14-11(18)10-15-9(2)16-17-10/h8H,3-7H2,1-2H3,(H,14,18)(H,19,20)(H,15,16,17). The zero-order valence-electron chi connectivity index (χ0n) is 11.8. The van der Waals surface area contributed by atoms with E-state index < -0.39 is 17.3 Å². The van der Waals surface area contributed by atoms with Crippen LogP contribution >= 0.6 is 0 Å². The average molecular weight is 280 g/mol. The number of hydrogen-bond donors (Lipinski definition) is 3. The lowest BCUT2D eigenvalue weighted by Crippen LogP contribution is -2.45. The van der Waals surface area contributed by atoms with E-state index in [0.29, 0.717) is 24.6 Å². The van der Waals surface area contributed by atoms with Gasteiger partial charge in [-0.2, -0.15) is 0 Å². The molecule has 1 aromatic heterocycles. The van der Waals surface area contributed by atoms with Crippen LogP contribution in [0, 0.1) is 18.3 Å². The van der Waals surface area contributed by atoms with Crippen LogP contribution in [0.3, 0.4) is 0 Å². The Kier molecular flexibility index (Phi) is 4.06. The van der Waals surface area contributed by atoms with Gasteiger partial charge in [0.1, 0.15) is 5.82 Å². The highest BCUT2D eigenvalue weighted by Gasteiger charge is 2.41. The van der Waals surface area contributed by atoms with Gasteiger partial charge in [0, 0.05) is 6.54 Å². The third-order valence-electron chi connectivity index (χ3n) is 4.07. The van der Waals surface area contributed by atoms with Crippen LogP contribution < -0.4 is 5.32 Å². The van der Waals surface area contributed by atoms with Crippen molar-refractivity contribution in [2.45, 2.75) is 39.5 Å². The molecule has 0 bridgehead atoms. The van der Waals surface area contributed by atoms with Gasteiger partial charge in [-0.1, -0.05) is 6.92 Å². The molecule has 1 saturated carbocycles. The smallest absolute Gasteiger partial charge is 0.311 e. The summed E-state index contributed by atoms with van der Waals surface area (Å²) in [4.78, 5) is 27.4. The number of aromatic nitrogens is 3. The molecular weight excluding hydrogens is 260 g/mol. The van der Waals surface area contributed by atoms with Gasteiger partial charge in [0.15, 0.2) is 0 Å². The van der Waals surface area contributed by atoms with Crippen molar-refractivity contribution in [3.8, 4) is 0 Å². The molecule has 0 aromatic carbocycles. The fourth-order valence-corrected chi connectivity index (χ4v) is 2.55. The number of hydrogen-bond acceptors (Lipinski definition) is 4. The second-order valence-electron chi connectivity index (χ2n) is 5.70. The predicted octanol–water partition coefficient (Wildman–Crippen LogP) is 1.12. The fourth-order valence-electron chi connectivity index (χ4n) is 2.55. The molecule has 0 radical (unpaired) electrons. The molecule has 1 aliphatic rings. The van der Waals surface area contributed by atoms with E-state index in [9.17, 15) is 14.7 Å². The summed E-state index contributed by atoms with van der Waals surface area (Å²) in [5.74, 6) is -0.125. The molecule has 0 atom stereocenters. The Bertz CT molecular complexity index is 503. The van der Waals surface area contributed by atoms with E-state index in [1.54, 1.807) is 6.92 Å². The van der Waals surface area contributed by atoms with Crippen molar-refractivity contribution in [1.29, 1.82) is 0 Å². The molecule has 20 heavy (non-hydrogen) atoms. The Morgan fingerprint density at radius 1 is 1.45 bits per heavy atom. The van der Waals surface area contributed by atoms with E-state index in [1.165, 1.54) is 0 Å². The summed E-state index contributed by atoms with van der Waals surface area (Å²) in [5.41, 5.74) is -0.854. The molecule has 0 spiro atoms. The van der Waals surface area contributed by atoms with E-state index >= 15 is 0 Å². The monoisotopic (exact) mass is 280 g/mol. The second kappa shape index (κ2) is 5.60. The Morgan fingerprint density at radius 3 is 2.60 bits per heavy atom. The third kappa shape index (κ3) is 2.97. The zero-order chi connectivity index (χ0) is 14.8. The number of carboxylic acids is 1. The van der Waals surface area contributed by atoms with Gasteiger partial charge in [-0.15, -0.1) is 5.10 Å². The highest BCUT2D eigenvalue weighted by Crippen LogP contribution is 2.38. The Labute approximate surface area is 117 Å². The Morgan fingerprint density at radius 2 is 2.10 bits per heavy atom. The van der Waals surface area contributed by atoms with Crippen LogP contribution in [0.2, 0.25) is 0 Å². The minimum atomic E-state index is -0.854. The minimum Gasteiger partial charge on any atom is -0.481 e. The quantitative estimate of drug-likeness (QED) is 0.766. The van der Waals surface area contributed by atoms with Crippen LogP contribution in [0.15, 0.2) is 0 Å². The van der Waals surface area contributed by atoms with Gasteiger partial charge in [0.2, 0.25) is 5.82 Å². The summed E-state index contributed by atoms with van der Waals surface area (Å²) in [6.07, 6.45) is 2.94. The third-order valence-corrected chi connectivity index (χ3v) is 4.07. The van der Waals surface area contributed by atoms with Crippen LogP contribution in [0.25, 0.3) is 0 Å².